The average Bonchev–Trinajstić information content (AvgIpc) is 2.11. The van der Waals surface area contributed by atoms with Gasteiger partial charge in [-0.05, 0) is 13.3 Å². The summed E-state index contributed by atoms with van der Waals surface area (Å²) >= 11 is 0. The Balaban J connectivity index is 3.77. The first-order valence-electron chi connectivity index (χ1n) is 4.23. The van der Waals surface area contributed by atoms with Gasteiger partial charge in [0, 0.05) is 32.3 Å². The molecule has 0 aliphatic carbocycles. The highest BCUT2D eigenvalue weighted by atomic mass is 16.5. The second-order valence-corrected chi connectivity index (χ2v) is 3.18. The van der Waals surface area contributed by atoms with Crippen molar-refractivity contribution in [1.82, 2.24) is 5.32 Å². The van der Waals surface area contributed by atoms with E-state index in [1.165, 1.54) is 0 Å². The van der Waals surface area contributed by atoms with Gasteiger partial charge in [-0.2, -0.15) is 0 Å². The third kappa shape index (κ3) is 4.49. The lowest BCUT2D eigenvalue weighted by Gasteiger charge is -2.28. The molecule has 0 fully saturated rings. The molecule has 0 saturated heterocycles. The van der Waals surface area contributed by atoms with E-state index < -0.39 is 0 Å². The highest BCUT2D eigenvalue weighted by Gasteiger charge is 2.19. The molecule has 0 amide bonds. The molecule has 0 aliphatic heterocycles. The molecule has 12 heavy (non-hydrogen) atoms. The number of nitrogens with two attached hydrogens (primary N) is 1. The molecule has 72 valence electrons. The topological polar surface area (TPSA) is 47.3 Å². The predicted octanol–water partition coefficient (Wildman–Crippen LogP) is 0.516. The average molecular weight is 172 g/mol. The molecule has 1 atom stereocenters. The van der Waals surface area contributed by atoms with E-state index in [1.807, 2.05) is 6.08 Å². The van der Waals surface area contributed by atoms with E-state index >= 15 is 0 Å². The number of nitrogens with one attached hydrogen (secondary N) is 1. The fourth-order valence-corrected chi connectivity index (χ4v) is 0.909. The Morgan fingerprint density at radius 1 is 1.67 bits per heavy atom. The quantitative estimate of drug-likeness (QED) is 0.550. The van der Waals surface area contributed by atoms with Crippen LogP contribution in [0.15, 0.2) is 12.7 Å². The van der Waals surface area contributed by atoms with Crippen LogP contribution in [0.5, 0.6) is 0 Å². The summed E-state index contributed by atoms with van der Waals surface area (Å²) in [5.41, 5.74) is 5.61. The summed E-state index contributed by atoms with van der Waals surface area (Å²) in [5.74, 6) is 0. The number of ether oxygens (including phenoxy) is 1. The summed E-state index contributed by atoms with van der Waals surface area (Å²) in [6.07, 6.45) is 2.76. The van der Waals surface area contributed by atoms with Crippen LogP contribution in [0.3, 0.4) is 0 Å². The number of hydrogen-bond donors (Lipinski definition) is 2. The molecular weight excluding hydrogens is 152 g/mol. The maximum atomic E-state index is 5.64. The van der Waals surface area contributed by atoms with Crippen molar-refractivity contribution in [2.45, 2.75) is 18.9 Å². The van der Waals surface area contributed by atoms with Gasteiger partial charge in [-0.3, -0.25) is 0 Å². The van der Waals surface area contributed by atoms with Crippen LogP contribution in [0.1, 0.15) is 13.3 Å². The number of methoxy groups -OCH3 is 1. The Bertz CT molecular complexity index is 128. The Morgan fingerprint density at radius 2 is 2.33 bits per heavy atom. The highest BCUT2D eigenvalue weighted by Crippen LogP contribution is 2.06. The first kappa shape index (κ1) is 11.6. The molecule has 0 heterocycles. The molecule has 1 unspecified atom stereocenters. The fraction of sp³-hybridized carbons (Fsp3) is 0.778. The van der Waals surface area contributed by atoms with E-state index in [0.29, 0.717) is 6.54 Å². The predicted molar refractivity (Wildman–Crippen MR) is 52.2 cm³/mol. The third-order valence-corrected chi connectivity index (χ3v) is 1.98. The third-order valence-electron chi connectivity index (χ3n) is 1.98. The van der Waals surface area contributed by atoms with Crippen LogP contribution in [0.4, 0.5) is 0 Å². The summed E-state index contributed by atoms with van der Waals surface area (Å²) in [6, 6.07) is 0. The minimum Gasteiger partial charge on any atom is -0.385 e. The van der Waals surface area contributed by atoms with E-state index in [9.17, 15) is 0 Å². The van der Waals surface area contributed by atoms with Gasteiger partial charge in [0.1, 0.15) is 0 Å². The Kier molecular flexibility index (Phi) is 5.98. The lowest BCUT2D eigenvalue weighted by atomic mass is 9.98. The van der Waals surface area contributed by atoms with E-state index in [2.05, 4.69) is 18.8 Å². The maximum absolute atomic E-state index is 5.64. The normalized spacial score (nSPS) is 15.6. The summed E-state index contributed by atoms with van der Waals surface area (Å²) in [5, 5.41) is 3.31. The van der Waals surface area contributed by atoms with Gasteiger partial charge >= 0.3 is 0 Å². The fourth-order valence-electron chi connectivity index (χ4n) is 0.909. The van der Waals surface area contributed by atoms with Crippen molar-refractivity contribution < 1.29 is 4.74 Å². The van der Waals surface area contributed by atoms with Gasteiger partial charge in [-0.15, -0.1) is 6.58 Å². The van der Waals surface area contributed by atoms with E-state index in [0.717, 1.165) is 19.6 Å². The molecule has 0 rings (SSSR count). The van der Waals surface area contributed by atoms with Crippen LogP contribution in [0, 0.1) is 0 Å². The van der Waals surface area contributed by atoms with Crippen LogP contribution in [-0.4, -0.2) is 32.3 Å². The van der Waals surface area contributed by atoms with Gasteiger partial charge in [0.25, 0.3) is 0 Å². The van der Waals surface area contributed by atoms with Crippen molar-refractivity contribution in [2.24, 2.45) is 5.73 Å². The zero-order valence-corrected chi connectivity index (χ0v) is 8.10. The second-order valence-electron chi connectivity index (χ2n) is 3.18. The summed E-state index contributed by atoms with van der Waals surface area (Å²) < 4.78 is 5.00. The number of hydrogen-bond acceptors (Lipinski definition) is 3. The van der Waals surface area contributed by atoms with Gasteiger partial charge in [0.15, 0.2) is 0 Å². The SMILES string of the molecule is C=CCNC(C)(CN)CCOC. The summed E-state index contributed by atoms with van der Waals surface area (Å²) in [6.45, 7) is 7.87. The van der Waals surface area contributed by atoms with E-state index in [4.69, 9.17) is 10.5 Å². The largest absolute Gasteiger partial charge is 0.385 e. The van der Waals surface area contributed by atoms with Crippen LogP contribution in [0.2, 0.25) is 0 Å². The smallest absolute Gasteiger partial charge is 0.0480 e. The summed E-state index contributed by atoms with van der Waals surface area (Å²) in [4.78, 5) is 0. The molecule has 0 aromatic carbocycles. The molecule has 3 nitrogen and oxygen atoms in total. The monoisotopic (exact) mass is 172 g/mol. The molecule has 0 radical (unpaired) electrons. The van der Waals surface area contributed by atoms with Gasteiger partial charge in [0.05, 0.1) is 0 Å². The molecule has 3 N–H and O–H groups in total. The van der Waals surface area contributed by atoms with Crippen LogP contribution < -0.4 is 11.1 Å². The van der Waals surface area contributed by atoms with Crippen molar-refractivity contribution >= 4 is 0 Å². The maximum Gasteiger partial charge on any atom is 0.0480 e. The van der Waals surface area contributed by atoms with Gasteiger partial charge < -0.3 is 15.8 Å². The first-order chi connectivity index (χ1) is 5.68. The molecule has 3 heteroatoms. The van der Waals surface area contributed by atoms with Crippen LogP contribution in [0.25, 0.3) is 0 Å². The standard InChI is InChI=1S/C9H20N2O/c1-4-6-11-9(2,8-10)5-7-12-3/h4,11H,1,5-8,10H2,2-3H3. The molecule has 0 aromatic rings. The molecular formula is C9H20N2O. The zero-order chi connectivity index (χ0) is 9.45. The second kappa shape index (κ2) is 6.17. The summed E-state index contributed by atoms with van der Waals surface area (Å²) in [7, 11) is 1.70. The Hall–Kier alpha value is -0.380. The van der Waals surface area contributed by atoms with E-state index in [1.54, 1.807) is 7.11 Å². The minimum atomic E-state index is -0.0236. The zero-order valence-electron chi connectivity index (χ0n) is 8.10. The van der Waals surface area contributed by atoms with Gasteiger partial charge in [-0.25, -0.2) is 0 Å². The molecule has 0 spiro atoms. The first-order valence-corrected chi connectivity index (χ1v) is 4.23. The van der Waals surface area contributed by atoms with Crippen molar-refractivity contribution in [1.29, 1.82) is 0 Å². The Labute approximate surface area is 75.0 Å². The van der Waals surface area contributed by atoms with Crippen molar-refractivity contribution in [2.75, 3.05) is 26.8 Å². The molecule has 0 saturated carbocycles. The molecule has 0 aliphatic rings. The minimum absolute atomic E-state index is 0.0236. The molecule has 0 aromatic heterocycles. The molecule has 0 bridgehead atoms. The lowest BCUT2D eigenvalue weighted by molar-refractivity contribution is 0.163. The highest BCUT2D eigenvalue weighted by molar-refractivity contribution is 4.87. The van der Waals surface area contributed by atoms with Gasteiger partial charge in [0.2, 0.25) is 0 Å². The van der Waals surface area contributed by atoms with Gasteiger partial charge in [-0.1, -0.05) is 6.08 Å². The van der Waals surface area contributed by atoms with E-state index in [-0.39, 0.29) is 5.54 Å². The Morgan fingerprint density at radius 3 is 2.75 bits per heavy atom. The van der Waals surface area contributed by atoms with Crippen molar-refractivity contribution in [3.8, 4) is 0 Å². The van der Waals surface area contributed by atoms with Crippen LogP contribution in [-0.2, 0) is 4.74 Å². The lowest BCUT2D eigenvalue weighted by Crippen LogP contribution is -2.49. The number of rotatable bonds is 7. The van der Waals surface area contributed by atoms with Crippen molar-refractivity contribution in [3.05, 3.63) is 12.7 Å². The van der Waals surface area contributed by atoms with Crippen molar-refractivity contribution in [3.63, 3.8) is 0 Å². The van der Waals surface area contributed by atoms with Crippen LogP contribution >= 0.6 is 0 Å².